The van der Waals surface area contributed by atoms with Crippen LogP contribution in [0.2, 0.25) is 0 Å². The number of benzene rings is 2. The minimum absolute atomic E-state index is 0.0449. The fourth-order valence-corrected chi connectivity index (χ4v) is 4.48. The van der Waals surface area contributed by atoms with Gasteiger partial charge in [-0.2, -0.15) is 0 Å². The first-order chi connectivity index (χ1) is 13.9. The normalized spacial score (nSPS) is 19.6. The lowest BCUT2D eigenvalue weighted by Crippen LogP contribution is -2.50. The lowest BCUT2D eigenvalue weighted by molar-refractivity contribution is -0.131. The van der Waals surface area contributed by atoms with Gasteiger partial charge in [-0.1, -0.05) is 86.7 Å². The number of allylic oxidation sites excluding steroid dienone is 1. The highest BCUT2D eigenvalue weighted by molar-refractivity contribution is 7.80. The second kappa shape index (κ2) is 8.89. The molecule has 2 aromatic rings. The molecule has 3 rings (SSSR count). The van der Waals surface area contributed by atoms with E-state index in [4.69, 9.17) is 17.0 Å². The molecule has 1 aliphatic heterocycles. The minimum atomic E-state index is -0.908. The first kappa shape index (κ1) is 21.2. The fraction of sp³-hybridized carbons (Fsp3) is 0.333. The smallest absolute Gasteiger partial charge is 0.267 e. The van der Waals surface area contributed by atoms with Crippen molar-refractivity contribution < 1.29 is 14.6 Å². The maximum atomic E-state index is 13.2. The molecule has 0 saturated carbocycles. The Balaban J connectivity index is 2.14. The maximum Gasteiger partial charge on any atom is 0.267 e. The maximum absolute atomic E-state index is 13.2. The second-order valence-electron chi connectivity index (χ2n) is 7.59. The Bertz CT molecular complexity index is 840. The molecule has 1 heterocycles. The van der Waals surface area contributed by atoms with Crippen LogP contribution in [0.15, 0.2) is 72.8 Å². The number of hydrogen-bond donors (Lipinski definition) is 1. The third-order valence-corrected chi connectivity index (χ3v) is 5.52. The Kier molecular flexibility index (Phi) is 6.50. The number of aliphatic hydroxyl groups is 1. The van der Waals surface area contributed by atoms with Crippen molar-refractivity contribution in [3.63, 3.8) is 0 Å². The van der Waals surface area contributed by atoms with Crippen LogP contribution in [0.1, 0.15) is 38.3 Å². The van der Waals surface area contributed by atoms with E-state index in [1.54, 1.807) is 17.1 Å². The van der Waals surface area contributed by atoms with Crippen molar-refractivity contribution >= 4 is 23.3 Å². The highest BCUT2D eigenvalue weighted by Gasteiger charge is 2.57. The summed E-state index contributed by atoms with van der Waals surface area (Å²) in [6.07, 6.45) is 2.43. The van der Waals surface area contributed by atoms with E-state index in [1.807, 2.05) is 67.6 Å². The molecule has 0 spiro atoms. The van der Waals surface area contributed by atoms with Gasteiger partial charge in [0, 0.05) is 11.1 Å². The fourth-order valence-electron chi connectivity index (χ4n) is 4.13. The summed E-state index contributed by atoms with van der Waals surface area (Å²) in [5.41, 5.74) is 0.975. The summed E-state index contributed by atoms with van der Waals surface area (Å²) in [6.45, 7) is 5.93. The summed E-state index contributed by atoms with van der Waals surface area (Å²) in [7, 11) is 0. The molecule has 1 amide bonds. The Morgan fingerprint density at radius 1 is 1.14 bits per heavy atom. The van der Waals surface area contributed by atoms with Gasteiger partial charge in [-0.25, -0.2) is 0 Å². The third-order valence-electron chi connectivity index (χ3n) is 5.24. The number of nitrogens with zero attached hydrogens (tertiary/aromatic N) is 1. The van der Waals surface area contributed by atoms with Crippen LogP contribution >= 0.6 is 12.2 Å². The average molecular weight is 410 g/mol. The summed E-state index contributed by atoms with van der Waals surface area (Å²) in [5, 5.41) is 10.3. The second-order valence-corrected chi connectivity index (χ2v) is 7.93. The van der Waals surface area contributed by atoms with Crippen LogP contribution in [0.25, 0.3) is 0 Å². The zero-order chi connectivity index (χ0) is 21.0. The molecule has 0 aliphatic carbocycles. The number of hydrogen-bond acceptors (Lipinski definition) is 4. The monoisotopic (exact) mass is 409 g/mol. The number of thiocarbonyl (C=S) groups is 1. The van der Waals surface area contributed by atoms with Crippen LogP contribution in [0.5, 0.6) is 0 Å². The number of ether oxygens (including phenoxy) is 1. The number of carbonyl (C=O) groups is 1. The van der Waals surface area contributed by atoms with Crippen LogP contribution in [0, 0.1) is 5.92 Å². The van der Waals surface area contributed by atoms with Gasteiger partial charge in [0.2, 0.25) is 5.91 Å². The summed E-state index contributed by atoms with van der Waals surface area (Å²) >= 11 is 5.56. The predicted molar refractivity (Wildman–Crippen MR) is 118 cm³/mol. The van der Waals surface area contributed by atoms with Crippen molar-refractivity contribution in [2.45, 2.75) is 44.9 Å². The molecule has 1 N–H and O–H groups in total. The molecule has 5 heteroatoms. The first-order valence-corrected chi connectivity index (χ1v) is 10.3. The number of rotatable bonds is 6. The molecule has 2 aromatic carbocycles. The largest absolute Gasteiger partial charge is 0.452 e. The lowest BCUT2D eigenvalue weighted by atomic mass is 9.75. The molecule has 152 valence electrons. The van der Waals surface area contributed by atoms with E-state index in [1.165, 1.54) is 0 Å². The number of carbonyl (C=O) groups excluding carboxylic acids is 1. The van der Waals surface area contributed by atoms with E-state index in [0.29, 0.717) is 0 Å². The van der Waals surface area contributed by atoms with Gasteiger partial charge in [0.25, 0.3) is 5.17 Å². The molecule has 29 heavy (non-hydrogen) atoms. The summed E-state index contributed by atoms with van der Waals surface area (Å²) in [6, 6.07) is 19.4. The molecule has 0 aromatic heterocycles. The molecule has 4 nitrogen and oxygen atoms in total. The van der Waals surface area contributed by atoms with E-state index >= 15 is 0 Å². The molecule has 1 fully saturated rings. The summed E-state index contributed by atoms with van der Waals surface area (Å²) in [4.78, 5) is 14.7. The van der Waals surface area contributed by atoms with Crippen LogP contribution in [0.3, 0.4) is 0 Å². The molecule has 0 radical (unpaired) electrons. The van der Waals surface area contributed by atoms with E-state index in [9.17, 15) is 9.90 Å². The molecular formula is C24H27NO3S. The average Bonchev–Trinajstić information content (AvgIpc) is 3.04. The molecule has 0 unspecified atom stereocenters. The summed E-state index contributed by atoms with van der Waals surface area (Å²) < 4.78 is 6.41. The number of aliphatic hydroxyl groups excluding tert-OH is 1. The zero-order valence-corrected chi connectivity index (χ0v) is 17.8. The minimum Gasteiger partial charge on any atom is -0.452 e. The summed E-state index contributed by atoms with van der Waals surface area (Å²) in [5.74, 6) is -0.188. The first-order valence-electron chi connectivity index (χ1n) is 9.88. The quantitative estimate of drug-likeness (QED) is 0.567. The number of amides is 1. The van der Waals surface area contributed by atoms with Gasteiger partial charge in [-0.05, 0) is 25.1 Å². The highest BCUT2D eigenvalue weighted by Crippen LogP contribution is 2.47. The van der Waals surface area contributed by atoms with Gasteiger partial charge >= 0.3 is 0 Å². The standard InChI is InChI=1S/C24H27NO3S/c1-4-11-20(26)16-21(27)25-22(17(2)3)24(28-23(25)29,18-12-7-5-8-13-18)19-14-9-6-10-15-19/h4-15,17,20,22,26H,16H2,1-3H3/b11-4+/t20-,22-/m0/s1. The van der Waals surface area contributed by atoms with Gasteiger partial charge < -0.3 is 9.84 Å². The Hall–Kier alpha value is -2.50. The highest BCUT2D eigenvalue weighted by atomic mass is 32.1. The molecular weight excluding hydrogens is 382 g/mol. The predicted octanol–water partition coefficient (Wildman–Crippen LogP) is 4.43. The Labute approximate surface area is 177 Å². The molecule has 0 bridgehead atoms. The molecule has 2 atom stereocenters. The van der Waals surface area contributed by atoms with Gasteiger partial charge in [-0.3, -0.25) is 9.69 Å². The van der Waals surface area contributed by atoms with Crippen LogP contribution < -0.4 is 0 Å². The van der Waals surface area contributed by atoms with Gasteiger partial charge in [0.15, 0.2) is 5.60 Å². The van der Waals surface area contributed by atoms with Crippen molar-refractivity contribution in [3.05, 3.63) is 83.9 Å². The van der Waals surface area contributed by atoms with Crippen molar-refractivity contribution in [1.82, 2.24) is 4.90 Å². The topological polar surface area (TPSA) is 49.8 Å². The Morgan fingerprint density at radius 3 is 2.10 bits per heavy atom. The van der Waals surface area contributed by atoms with E-state index in [0.717, 1.165) is 11.1 Å². The SMILES string of the molecule is C/C=C/[C@H](O)CC(=O)N1C(=S)OC(c2ccccc2)(c2ccccc2)[C@@H]1C(C)C. The van der Waals surface area contributed by atoms with Gasteiger partial charge in [-0.15, -0.1) is 0 Å². The Morgan fingerprint density at radius 2 is 1.66 bits per heavy atom. The van der Waals surface area contributed by atoms with Crippen molar-refractivity contribution in [1.29, 1.82) is 0 Å². The molecule has 1 aliphatic rings. The van der Waals surface area contributed by atoms with Crippen LogP contribution in [-0.4, -0.2) is 33.2 Å². The van der Waals surface area contributed by atoms with E-state index < -0.39 is 11.7 Å². The van der Waals surface area contributed by atoms with Crippen LogP contribution in [-0.2, 0) is 15.1 Å². The van der Waals surface area contributed by atoms with Crippen molar-refractivity contribution in [2.75, 3.05) is 0 Å². The van der Waals surface area contributed by atoms with Gasteiger partial charge in [0.05, 0.1) is 18.6 Å². The molecule has 1 saturated heterocycles. The third kappa shape index (κ3) is 3.98. The lowest BCUT2D eigenvalue weighted by Gasteiger charge is -2.38. The van der Waals surface area contributed by atoms with E-state index in [2.05, 4.69) is 13.8 Å². The van der Waals surface area contributed by atoms with Gasteiger partial charge in [0.1, 0.15) is 0 Å². The zero-order valence-electron chi connectivity index (χ0n) is 17.0. The van der Waals surface area contributed by atoms with Crippen molar-refractivity contribution in [2.24, 2.45) is 5.92 Å². The van der Waals surface area contributed by atoms with E-state index in [-0.39, 0.29) is 29.5 Å². The van der Waals surface area contributed by atoms with Crippen LogP contribution in [0.4, 0.5) is 0 Å². The van der Waals surface area contributed by atoms with Crippen molar-refractivity contribution in [3.8, 4) is 0 Å².